The summed E-state index contributed by atoms with van der Waals surface area (Å²) in [5.41, 5.74) is 0. The highest BCUT2D eigenvalue weighted by Crippen LogP contribution is 2.40. The predicted molar refractivity (Wildman–Crippen MR) is 72.7 cm³/mol. The van der Waals surface area contributed by atoms with Gasteiger partial charge in [-0.1, -0.05) is 13.3 Å². The molecule has 1 aromatic rings. The highest BCUT2D eigenvalue weighted by molar-refractivity contribution is 7.09. The Balaban J connectivity index is 1.87. The van der Waals surface area contributed by atoms with Crippen molar-refractivity contribution < 1.29 is 4.79 Å². The quantitative estimate of drug-likeness (QED) is 0.840. The van der Waals surface area contributed by atoms with Crippen LogP contribution in [0.5, 0.6) is 0 Å². The summed E-state index contributed by atoms with van der Waals surface area (Å²) in [5, 5.41) is 3.28. The molecule has 0 radical (unpaired) electrons. The number of hydrogen-bond acceptors (Lipinski definition) is 4. The molecule has 1 aromatic heterocycles. The van der Waals surface area contributed by atoms with Crippen molar-refractivity contribution in [3.63, 3.8) is 0 Å². The summed E-state index contributed by atoms with van der Waals surface area (Å²) >= 11 is 1.75. The lowest BCUT2D eigenvalue weighted by molar-refractivity contribution is -0.129. The van der Waals surface area contributed by atoms with E-state index in [2.05, 4.69) is 22.2 Å². The third kappa shape index (κ3) is 2.12. The zero-order valence-corrected chi connectivity index (χ0v) is 11.7. The third-order valence-corrected chi connectivity index (χ3v) is 5.20. The Morgan fingerprint density at radius 3 is 2.72 bits per heavy atom. The van der Waals surface area contributed by atoms with E-state index in [0.717, 1.165) is 19.3 Å². The van der Waals surface area contributed by atoms with Gasteiger partial charge in [0.25, 0.3) is 0 Å². The zero-order valence-electron chi connectivity index (χ0n) is 10.8. The second kappa shape index (κ2) is 5.10. The van der Waals surface area contributed by atoms with Crippen molar-refractivity contribution in [1.29, 1.82) is 0 Å². The number of rotatable bonds is 3. The first-order chi connectivity index (χ1) is 8.79. The van der Waals surface area contributed by atoms with Crippen LogP contribution in [0.1, 0.15) is 56.5 Å². The first kappa shape index (κ1) is 12.3. The number of Topliss-reactive ketones (excluding diaryl/α,β-unsaturated/α-hetero) is 1. The molecule has 3 rings (SSSR count). The third-order valence-electron chi connectivity index (χ3n) is 4.33. The highest BCUT2D eigenvalue weighted by atomic mass is 32.1. The fraction of sp³-hybridized carbons (Fsp3) is 0.714. The molecule has 3 heterocycles. The molecule has 3 atom stereocenters. The molecular formula is C14H20N2OS. The van der Waals surface area contributed by atoms with Crippen LogP contribution in [0.15, 0.2) is 11.6 Å². The Morgan fingerprint density at radius 1 is 1.44 bits per heavy atom. The second-order valence-corrected chi connectivity index (χ2v) is 6.35. The van der Waals surface area contributed by atoms with E-state index in [4.69, 9.17) is 0 Å². The van der Waals surface area contributed by atoms with Crippen molar-refractivity contribution in [2.75, 3.05) is 0 Å². The van der Waals surface area contributed by atoms with Crippen LogP contribution in [0, 0.1) is 0 Å². The Kier molecular flexibility index (Phi) is 3.48. The van der Waals surface area contributed by atoms with Gasteiger partial charge >= 0.3 is 0 Å². The average Bonchev–Trinajstić information content (AvgIpc) is 2.84. The molecule has 3 unspecified atom stereocenters. The Labute approximate surface area is 112 Å². The van der Waals surface area contributed by atoms with Crippen molar-refractivity contribution in [3.8, 4) is 0 Å². The number of fused-ring (bicyclic) bond motifs is 2. The summed E-state index contributed by atoms with van der Waals surface area (Å²) in [5.74, 6) is 0.468. The van der Waals surface area contributed by atoms with E-state index < -0.39 is 0 Å². The van der Waals surface area contributed by atoms with Crippen molar-refractivity contribution in [3.05, 3.63) is 16.6 Å². The van der Waals surface area contributed by atoms with Crippen LogP contribution in [-0.4, -0.2) is 27.8 Å². The molecule has 0 aliphatic carbocycles. The van der Waals surface area contributed by atoms with Crippen molar-refractivity contribution in [2.24, 2.45) is 0 Å². The van der Waals surface area contributed by atoms with Crippen molar-refractivity contribution in [2.45, 2.75) is 63.6 Å². The van der Waals surface area contributed by atoms with Crippen LogP contribution in [0.2, 0.25) is 0 Å². The highest BCUT2D eigenvalue weighted by Gasteiger charge is 2.41. The number of aromatic nitrogens is 1. The normalized spacial score (nSPS) is 30.4. The van der Waals surface area contributed by atoms with Crippen LogP contribution in [-0.2, 0) is 4.79 Å². The summed E-state index contributed by atoms with van der Waals surface area (Å²) in [6.07, 6.45) is 8.17. The maximum absolute atomic E-state index is 11.8. The number of carbonyl (C=O) groups is 1. The Morgan fingerprint density at radius 2 is 2.17 bits per heavy atom. The lowest BCUT2D eigenvalue weighted by Gasteiger charge is -2.48. The summed E-state index contributed by atoms with van der Waals surface area (Å²) in [4.78, 5) is 18.9. The summed E-state index contributed by atoms with van der Waals surface area (Å²) in [6, 6.07) is 1.37. The minimum absolute atomic E-state index is 0.424. The van der Waals surface area contributed by atoms with Gasteiger partial charge in [0.05, 0.1) is 6.04 Å². The van der Waals surface area contributed by atoms with E-state index in [-0.39, 0.29) is 0 Å². The number of ketones is 1. The fourth-order valence-electron chi connectivity index (χ4n) is 3.63. The molecule has 2 aliphatic heterocycles. The van der Waals surface area contributed by atoms with Crippen molar-refractivity contribution in [1.82, 2.24) is 9.88 Å². The molecule has 98 valence electrons. The van der Waals surface area contributed by atoms with E-state index in [9.17, 15) is 4.79 Å². The van der Waals surface area contributed by atoms with Crippen LogP contribution in [0.3, 0.4) is 0 Å². The van der Waals surface area contributed by atoms with Gasteiger partial charge in [-0.25, -0.2) is 4.98 Å². The molecule has 0 aromatic carbocycles. The lowest BCUT2D eigenvalue weighted by atomic mass is 9.82. The first-order valence-electron chi connectivity index (χ1n) is 6.98. The van der Waals surface area contributed by atoms with Crippen molar-refractivity contribution >= 4 is 17.1 Å². The van der Waals surface area contributed by atoms with Gasteiger partial charge in [-0.3, -0.25) is 9.69 Å². The number of nitrogens with zero attached hydrogens (tertiary/aromatic N) is 2. The number of hydrogen-bond donors (Lipinski definition) is 0. The molecule has 2 fully saturated rings. The molecule has 2 bridgehead atoms. The van der Waals surface area contributed by atoms with Gasteiger partial charge in [-0.2, -0.15) is 0 Å². The first-order valence-corrected chi connectivity index (χ1v) is 7.86. The largest absolute Gasteiger partial charge is 0.300 e. The lowest BCUT2D eigenvalue weighted by Crippen LogP contribution is -2.53. The molecule has 4 heteroatoms. The summed E-state index contributed by atoms with van der Waals surface area (Å²) in [6.45, 7) is 2.23. The van der Waals surface area contributed by atoms with Crippen LogP contribution >= 0.6 is 11.3 Å². The molecule has 2 saturated heterocycles. The number of carbonyl (C=O) groups excluding carboxylic acids is 1. The predicted octanol–water partition coefficient (Wildman–Crippen LogP) is 3.18. The average molecular weight is 264 g/mol. The number of thiazole rings is 1. The van der Waals surface area contributed by atoms with E-state index in [0.29, 0.717) is 23.9 Å². The Hall–Kier alpha value is -0.740. The standard InChI is InChI=1S/C14H20N2OS/c1-2-13(14-15-6-7-18-14)16-10-4-3-5-11(16)9-12(17)8-10/h6-7,10-11,13H,2-5,8-9H2,1H3. The molecule has 3 nitrogen and oxygen atoms in total. The van der Waals surface area contributed by atoms with Gasteiger partial charge in [-0.15, -0.1) is 11.3 Å². The van der Waals surface area contributed by atoms with Crippen LogP contribution in [0.25, 0.3) is 0 Å². The van der Waals surface area contributed by atoms with Gasteiger partial charge in [0.2, 0.25) is 0 Å². The van der Waals surface area contributed by atoms with E-state index >= 15 is 0 Å². The zero-order chi connectivity index (χ0) is 12.5. The number of piperidine rings is 2. The molecule has 0 spiro atoms. The smallest absolute Gasteiger partial charge is 0.136 e. The maximum Gasteiger partial charge on any atom is 0.136 e. The summed E-state index contributed by atoms with van der Waals surface area (Å²) < 4.78 is 0. The molecule has 18 heavy (non-hydrogen) atoms. The molecule has 0 saturated carbocycles. The van der Waals surface area contributed by atoms with E-state index in [1.165, 1.54) is 24.3 Å². The van der Waals surface area contributed by atoms with Gasteiger partial charge in [0.1, 0.15) is 10.8 Å². The Bertz CT molecular complexity index is 401. The second-order valence-electron chi connectivity index (χ2n) is 5.43. The minimum atomic E-state index is 0.424. The molecule has 2 aliphatic rings. The summed E-state index contributed by atoms with van der Waals surface area (Å²) in [7, 11) is 0. The van der Waals surface area contributed by atoms with Gasteiger partial charge in [0, 0.05) is 36.5 Å². The minimum Gasteiger partial charge on any atom is -0.300 e. The van der Waals surface area contributed by atoms with Crippen LogP contribution < -0.4 is 0 Å². The van der Waals surface area contributed by atoms with Gasteiger partial charge < -0.3 is 0 Å². The van der Waals surface area contributed by atoms with E-state index in [1.807, 2.05) is 6.20 Å². The fourth-order valence-corrected chi connectivity index (χ4v) is 4.46. The molecular weight excluding hydrogens is 244 g/mol. The monoisotopic (exact) mass is 264 g/mol. The maximum atomic E-state index is 11.8. The molecule has 0 amide bonds. The van der Waals surface area contributed by atoms with Gasteiger partial charge in [0.15, 0.2) is 0 Å². The van der Waals surface area contributed by atoms with Crippen LogP contribution in [0.4, 0.5) is 0 Å². The van der Waals surface area contributed by atoms with E-state index in [1.54, 1.807) is 11.3 Å². The SMILES string of the molecule is CCC(c1nccs1)N1C2CCCC1CC(=O)C2. The van der Waals surface area contributed by atoms with Gasteiger partial charge in [-0.05, 0) is 19.3 Å². The molecule has 0 N–H and O–H groups in total. The topological polar surface area (TPSA) is 33.2 Å².